The number of anilines is 1. The van der Waals surface area contributed by atoms with Gasteiger partial charge < -0.3 is 5.32 Å². The molecule has 0 aliphatic heterocycles. The quantitative estimate of drug-likeness (QED) is 0.796. The summed E-state index contributed by atoms with van der Waals surface area (Å²) in [4.78, 5) is 12.1. The smallest absolute Gasteiger partial charge is 0.258 e. The monoisotopic (exact) mass is 355 g/mol. The van der Waals surface area contributed by atoms with E-state index in [9.17, 15) is 9.18 Å². The molecule has 1 amide bonds. The van der Waals surface area contributed by atoms with Gasteiger partial charge in [-0.05, 0) is 65.2 Å². The zero-order valence-corrected chi connectivity index (χ0v) is 13.3. The van der Waals surface area contributed by atoms with Crippen LogP contribution in [0.4, 0.5) is 10.1 Å². The second kappa shape index (κ2) is 5.94. The predicted molar refractivity (Wildman–Crippen MR) is 83.0 cm³/mol. The van der Waals surface area contributed by atoms with Crippen molar-refractivity contribution in [2.45, 2.75) is 13.8 Å². The Bertz CT molecular complexity index is 665. The van der Waals surface area contributed by atoms with Gasteiger partial charge in [0.2, 0.25) is 0 Å². The zero-order valence-electron chi connectivity index (χ0n) is 10.9. The van der Waals surface area contributed by atoms with Gasteiger partial charge in [0.1, 0.15) is 5.82 Å². The van der Waals surface area contributed by atoms with E-state index in [0.717, 1.165) is 15.6 Å². The van der Waals surface area contributed by atoms with Crippen molar-refractivity contribution in [2.24, 2.45) is 0 Å². The average Bonchev–Trinajstić information content (AvgIpc) is 2.36. The minimum Gasteiger partial charge on any atom is -0.321 e. The Kier molecular flexibility index (Phi) is 4.45. The Balaban J connectivity index is 2.35. The molecule has 0 aromatic heterocycles. The first-order valence-corrected chi connectivity index (χ1v) is 7.08. The molecule has 0 saturated heterocycles. The molecule has 0 heterocycles. The summed E-state index contributed by atoms with van der Waals surface area (Å²) in [5.41, 5.74) is 2.51. The minimum absolute atomic E-state index is 0.0793. The number of carbonyl (C=O) groups is 1. The van der Waals surface area contributed by atoms with E-state index in [1.807, 2.05) is 26.0 Å². The molecule has 0 unspecified atom stereocenters. The molecular weight excluding hydrogens is 345 g/mol. The van der Waals surface area contributed by atoms with Gasteiger partial charge in [-0.3, -0.25) is 4.79 Å². The standard InChI is InChI=1S/C15H12BrClFNO/c1-8-5-9(2)14(12(16)6-8)19-15(20)11-7-10(17)3-4-13(11)18/h3-7H,1-2H3,(H,19,20). The predicted octanol–water partition coefficient (Wildman–Crippen LogP) is 5.11. The minimum atomic E-state index is -0.604. The fourth-order valence-electron chi connectivity index (χ4n) is 1.93. The Labute approximate surface area is 130 Å². The summed E-state index contributed by atoms with van der Waals surface area (Å²) in [6.45, 7) is 3.84. The largest absolute Gasteiger partial charge is 0.321 e. The molecule has 0 atom stereocenters. The van der Waals surface area contributed by atoms with Crippen molar-refractivity contribution in [1.29, 1.82) is 0 Å². The number of nitrogens with one attached hydrogen (secondary N) is 1. The summed E-state index contributed by atoms with van der Waals surface area (Å²) >= 11 is 9.19. The van der Waals surface area contributed by atoms with Gasteiger partial charge in [0, 0.05) is 9.50 Å². The molecule has 0 aliphatic carbocycles. The van der Waals surface area contributed by atoms with Gasteiger partial charge in [-0.1, -0.05) is 17.7 Å². The summed E-state index contributed by atoms with van der Waals surface area (Å²) < 4.78 is 14.4. The van der Waals surface area contributed by atoms with Crippen molar-refractivity contribution >= 4 is 39.1 Å². The fourth-order valence-corrected chi connectivity index (χ4v) is 2.87. The van der Waals surface area contributed by atoms with Crippen LogP contribution >= 0.6 is 27.5 Å². The van der Waals surface area contributed by atoms with Crippen molar-refractivity contribution in [2.75, 3.05) is 5.32 Å². The van der Waals surface area contributed by atoms with Crippen LogP contribution < -0.4 is 5.32 Å². The van der Waals surface area contributed by atoms with Crippen LogP contribution in [0.3, 0.4) is 0 Å². The summed E-state index contributed by atoms with van der Waals surface area (Å²) in [5.74, 6) is -1.13. The van der Waals surface area contributed by atoms with E-state index in [2.05, 4.69) is 21.2 Å². The molecule has 1 N–H and O–H groups in total. The first-order chi connectivity index (χ1) is 9.38. The first kappa shape index (κ1) is 15.0. The van der Waals surface area contributed by atoms with Gasteiger partial charge in [0.15, 0.2) is 0 Å². The van der Waals surface area contributed by atoms with E-state index >= 15 is 0 Å². The van der Waals surface area contributed by atoms with Gasteiger partial charge in [-0.15, -0.1) is 0 Å². The third-order valence-corrected chi connectivity index (χ3v) is 3.70. The molecule has 0 saturated carbocycles. The lowest BCUT2D eigenvalue weighted by molar-refractivity contribution is 0.102. The topological polar surface area (TPSA) is 29.1 Å². The molecule has 20 heavy (non-hydrogen) atoms. The molecule has 2 rings (SSSR count). The van der Waals surface area contributed by atoms with Gasteiger partial charge >= 0.3 is 0 Å². The Hall–Kier alpha value is -1.39. The summed E-state index contributed by atoms with van der Waals surface area (Å²) in [6.07, 6.45) is 0. The highest BCUT2D eigenvalue weighted by Gasteiger charge is 2.15. The van der Waals surface area contributed by atoms with Crippen LogP contribution in [0.15, 0.2) is 34.8 Å². The van der Waals surface area contributed by atoms with Gasteiger partial charge in [-0.25, -0.2) is 4.39 Å². The molecule has 5 heteroatoms. The number of rotatable bonds is 2. The number of hydrogen-bond donors (Lipinski definition) is 1. The normalized spacial score (nSPS) is 10.4. The van der Waals surface area contributed by atoms with Crippen LogP contribution in [-0.2, 0) is 0 Å². The third-order valence-electron chi connectivity index (χ3n) is 2.84. The number of benzene rings is 2. The van der Waals surface area contributed by atoms with E-state index in [0.29, 0.717) is 10.7 Å². The van der Waals surface area contributed by atoms with Crippen LogP contribution in [0.1, 0.15) is 21.5 Å². The van der Waals surface area contributed by atoms with Crippen molar-refractivity contribution in [3.63, 3.8) is 0 Å². The van der Waals surface area contributed by atoms with E-state index in [-0.39, 0.29) is 5.56 Å². The van der Waals surface area contributed by atoms with Crippen molar-refractivity contribution < 1.29 is 9.18 Å². The fraction of sp³-hybridized carbons (Fsp3) is 0.133. The van der Waals surface area contributed by atoms with Crippen LogP contribution in [0.25, 0.3) is 0 Å². The van der Waals surface area contributed by atoms with Gasteiger partial charge in [0.05, 0.1) is 11.3 Å². The summed E-state index contributed by atoms with van der Waals surface area (Å²) in [7, 11) is 0. The molecule has 104 valence electrons. The molecule has 0 bridgehead atoms. The first-order valence-electron chi connectivity index (χ1n) is 5.91. The van der Waals surface area contributed by atoms with E-state index in [1.54, 1.807) is 0 Å². The molecule has 0 radical (unpaired) electrons. The third kappa shape index (κ3) is 3.19. The summed E-state index contributed by atoms with van der Waals surface area (Å²) in [6, 6.07) is 7.71. The number of aryl methyl sites for hydroxylation is 2. The van der Waals surface area contributed by atoms with Crippen LogP contribution in [0, 0.1) is 19.7 Å². The lowest BCUT2D eigenvalue weighted by atomic mass is 10.1. The highest BCUT2D eigenvalue weighted by Crippen LogP contribution is 2.28. The van der Waals surface area contributed by atoms with Gasteiger partial charge in [-0.2, -0.15) is 0 Å². The maximum atomic E-state index is 13.7. The lowest BCUT2D eigenvalue weighted by Gasteiger charge is -2.12. The number of hydrogen-bond acceptors (Lipinski definition) is 1. The van der Waals surface area contributed by atoms with E-state index in [1.165, 1.54) is 18.2 Å². The van der Waals surface area contributed by atoms with Gasteiger partial charge in [0.25, 0.3) is 5.91 Å². The molecule has 0 spiro atoms. The van der Waals surface area contributed by atoms with Crippen LogP contribution in [-0.4, -0.2) is 5.91 Å². The number of halogens is 3. The molecular formula is C15H12BrClFNO. The Morgan fingerprint density at radius 1 is 1.25 bits per heavy atom. The number of amides is 1. The Morgan fingerprint density at radius 3 is 2.60 bits per heavy atom. The molecule has 0 aliphatic rings. The SMILES string of the molecule is Cc1cc(C)c(NC(=O)c2cc(Cl)ccc2F)c(Br)c1. The lowest BCUT2D eigenvalue weighted by Crippen LogP contribution is -2.15. The van der Waals surface area contributed by atoms with Crippen molar-refractivity contribution in [3.05, 3.63) is 62.3 Å². The second-order valence-corrected chi connectivity index (χ2v) is 5.81. The maximum Gasteiger partial charge on any atom is 0.258 e. The average molecular weight is 357 g/mol. The van der Waals surface area contributed by atoms with Crippen molar-refractivity contribution in [1.82, 2.24) is 0 Å². The molecule has 2 aromatic carbocycles. The van der Waals surface area contributed by atoms with E-state index in [4.69, 9.17) is 11.6 Å². The molecule has 0 fully saturated rings. The highest BCUT2D eigenvalue weighted by atomic mass is 79.9. The summed E-state index contributed by atoms with van der Waals surface area (Å²) in [5, 5.41) is 3.02. The molecule has 2 nitrogen and oxygen atoms in total. The molecule has 2 aromatic rings. The second-order valence-electron chi connectivity index (χ2n) is 4.52. The number of carbonyl (C=O) groups excluding carboxylic acids is 1. The maximum absolute atomic E-state index is 13.7. The van der Waals surface area contributed by atoms with E-state index < -0.39 is 11.7 Å². The highest BCUT2D eigenvalue weighted by molar-refractivity contribution is 9.10. The van der Waals surface area contributed by atoms with Crippen molar-refractivity contribution in [3.8, 4) is 0 Å². The van der Waals surface area contributed by atoms with Crippen LogP contribution in [0.5, 0.6) is 0 Å². The Morgan fingerprint density at radius 2 is 1.95 bits per heavy atom. The zero-order chi connectivity index (χ0) is 14.9. The van der Waals surface area contributed by atoms with Crippen LogP contribution in [0.2, 0.25) is 5.02 Å².